The number of nitriles is 1. The number of nitrogens with zero attached hydrogens (tertiary/aromatic N) is 4. The molecule has 3 aromatic rings. The summed E-state index contributed by atoms with van der Waals surface area (Å²) in [4.78, 5) is 4.01. The van der Waals surface area contributed by atoms with Crippen LogP contribution in [0.4, 0.5) is 0 Å². The third kappa shape index (κ3) is 3.74. The maximum atomic E-state index is 12.5. The second-order valence-electron chi connectivity index (χ2n) is 5.41. The lowest BCUT2D eigenvalue weighted by Gasteiger charge is -2.15. The van der Waals surface area contributed by atoms with Gasteiger partial charge in [-0.15, -0.1) is 0 Å². The van der Waals surface area contributed by atoms with Crippen LogP contribution in [0.1, 0.15) is 24.1 Å². The van der Waals surface area contributed by atoms with Gasteiger partial charge < -0.3 is 0 Å². The van der Waals surface area contributed by atoms with Crippen molar-refractivity contribution in [2.75, 3.05) is 0 Å². The minimum Gasteiger partial charge on any atom is -0.223 e. The Bertz CT molecular complexity index is 989. The molecule has 0 aliphatic rings. The Morgan fingerprint density at radius 2 is 1.80 bits per heavy atom. The van der Waals surface area contributed by atoms with Crippen molar-refractivity contribution in [3.63, 3.8) is 0 Å². The molecule has 0 aliphatic carbocycles. The SMILES string of the molecule is CC(NS(=O)(=O)c1ccc(C#N)cc1)c1ccc(-n2cncn2)cc1. The Morgan fingerprint density at radius 1 is 1.12 bits per heavy atom. The molecule has 126 valence electrons. The van der Waals surface area contributed by atoms with Crippen molar-refractivity contribution in [3.05, 3.63) is 72.3 Å². The largest absolute Gasteiger partial charge is 0.241 e. The van der Waals surface area contributed by atoms with Gasteiger partial charge in [-0.2, -0.15) is 10.4 Å². The van der Waals surface area contributed by atoms with Crippen molar-refractivity contribution < 1.29 is 8.42 Å². The summed E-state index contributed by atoms with van der Waals surface area (Å²) in [5.41, 5.74) is 2.07. The molecule has 1 heterocycles. The molecule has 8 heteroatoms. The summed E-state index contributed by atoms with van der Waals surface area (Å²) in [5.74, 6) is 0. The van der Waals surface area contributed by atoms with E-state index in [1.807, 2.05) is 30.3 Å². The molecule has 1 atom stereocenters. The average Bonchev–Trinajstić information content (AvgIpc) is 3.16. The van der Waals surface area contributed by atoms with Crippen molar-refractivity contribution >= 4 is 10.0 Å². The molecule has 25 heavy (non-hydrogen) atoms. The Morgan fingerprint density at radius 3 is 2.36 bits per heavy atom. The van der Waals surface area contributed by atoms with Crippen LogP contribution in [-0.4, -0.2) is 23.2 Å². The predicted octanol–water partition coefficient (Wildman–Crippen LogP) is 2.18. The maximum absolute atomic E-state index is 12.5. The zero-order valence-electron chi connectivity index (χ0n) is 13.4. The van der Waals surface area contributed by atoms with Gasteiger partial charge >= 0.3 is 0 Å². The van der Waals surface area contributed by atoms with Gasteiger partial charge in [-0.05, 0) is 48.9 Å². The second kappa shape index (κ2) is 6.84. The Hall–Kier alpha value is -3.02. The van der Waals surface area contributed by atoms with Crippen molar-refractivity contribution in [3.8, 4) is 11.8 Å². The first-order valence-corrected chi connectivity index (χ1v) is 8.95. The summed E-state index contributed by atoms with van der Waals surface area (Å²) in [6.45, 7) is 1.77. The number of nitrogens with one attached hydrogen (secondary N) is 1. The third-order valence-corrected chi connectivity index (χ3v) is 5.26. The molecular weight excluding hydrogens is 338 g/mol. The van der Waals surface area contributed by atoms with Gasteiger partial charge in [-0.3, -0.25) is 0 Å². The van der Waals surface area contributed by atoms with Crippen LogP contribution in [0.2, 0.25) is 0 Å². The molecule has 0 saturated carbocycles. The molecule has 1 aromatic heterocycles. The molecule has 0 fully saturated rings. The van der Waals surface area contributed by atoms with E-state index < -0.39 is 16.1 Å². The molecule has 0 spiro atoms. The van der Waals surface area contributed by atoms with Gasteiger partial charge in [0, 0.05) is 6.04 Å². The van der Waals surface area contributed by atoms with Crippen LogP contribution in [0, 0.1) is 11.3 Å². The van der Waals surface area contributed by atoms with E-state index in [0.29, 0.717) is 5.56 Å². The summed E-state index contributed by atoms with van der Waals surface area (Å²) in [6, 6.07) is 14.7. The molecule has 1 N–H and O–H groups in total. The van der Waals surface area contributed by atoms with E-state index in [1.54, 1.807) is 17.9 Å². The number of sulfonamides is 1. The highest BCUT2D eigenvalue weighted by molar-refractivity contribution is 7.89. The smallest absolute Gasteiger partial charge is 0.223 e. The Kier molecular flexibility index (Phi) is 4.61. The quantitative estimate of drug-likeness (QED) is 0.757. The number of hydrogen-bond acceptors (Lipinski definition) is 5. The summed E-state index contributed by atoms with van der Waals surface area (Å²) < 4.78 is 29.2. The van der Waals surface area contributed by atoms with Crippen molar-refractivity contribution in [1.82, 2.24) is 19.5 Å². The Labute approximate surface area is 145 Å². The molecule has 2 aromatic carbocycles. The summed E-state index contributed by atoms with van der Waals surface area (Å²) in [7, 11) is -3.67. The highest BCUT2D eigenvalue weighted by atomic mass is 32.2. The van der Waals surface area contributed by atoms with Gasteiger partial charge in [0.25, 0.3) is 0 Å². The summed E-state index contributed by atoms with van der Waals surface area (Å²) in [5, 5.41) is 12.8. The molecular formula is C17H15N5O2S. The average molecular weight is 353 g/mol. The lowest BCUT2D eigenvalue weighted by molar-refractivity contribution is 0.567. The fraction of sp³-hybridized carbons (Fsp3) is 0.118. The van der Waals surface area contributed by atoms with Crippen LogP contribution in [0.5, 0.6) is 0 Å². The Balaban J connectivity index is 1.76. The van der Waals surface area contributed by atoms with E-state index in [9.17, 15) is 8.42 Å². The molecule has 7 nitrogen and oxygen atoms in total. The maximum Gasteiger partial charge on any atom is 0.241 e. The van der Waals surface area contributed by atoms with Crippen molar-refractivity contribution in [2.24, 2.45) is 0 Å². The number of rotatable bonds is 5. The van der Waals surface area contributed by atoms with Crippen molar-refractivity contribution in [1.29, 1.82) is 5.26 Å². The standard InChI is InChI=1S/C17H15N5O2S/c1-13(15-4-6-16(7-5-15)22-12-19-11-20-22)21-25(23,24)17-8-2-14(10-18)3-9-17/h2-9,11-13,21H,1H3. The minimum atomic E-state index is -3.67. The van der Waals surface area contributed by atoms with E-state index in [1.165, 1.54) is 30.6 Å². The molecule has 0 bridgehead atoms. The lowest BCUT2D eigenvalue weighted by atomic mass is 10.1. The lowest BCUT2D eigenvalue weighted by Crippen LogP contribution is -2.26. The van der Waals surface area contributed by atoms with E-state index in [4.69, 9.17) is 5.26 Å². The van der Waals surface area contributed by atoms with Crippen LogP contribution >= 0.6 is 0 Å². The number of benzene rings is 2. The van der Waals surface area contributed by atoms with Gasteiger partial charge in [0.15, 0.2) is 0 Å². The van der Waals surface area contributed by atoms with Gasteiger partial charge in [0.2, 0.25) is 10.0 Å². The first-order valence-electron chi connectivity index (χ1n) is 7.47. The minimum absolute atomic E-state index is 0.123. The molecule has 3 rings (SSSR count). The fourth-order valence-electron chi connectivity index (χ4n) is 2.33. The highest BCUT2D eigenvalue weighted by Crippen LogP contribution is 2.19. The van der Waals surface area contributed by atoms with Gasteiger partial charge in [0.1, 0.15) is 12.7 Å². The zero-order chi connectivity index (χ0) is 17.9. The predicted molar refractivity (Wildman–Crippen MR) is 91.3 cm³/mol. The first kappa shape index (κ1) is 16.8. The monoisotopic (exact) mass is 353 g/mol. The normalized spacial score (nSPS) is 12.5. The van der Waals surface area contributed by atoms with Crippen LogP contribution in [0.25, 0.3) is 5.69 Å². The second-order valence-corrected chi connectivity index (χ2v) is 7.12. The number of aromatic nitrogens is 3. The van der Waals surface area contributed by atoms with Crippen LogP contribution in [0.15, 0.2) is 66.1 Å². The molecule has 1 unspecified atom stereocenters. The molecule has 0 amide bonds. The highest BCUT2D eigenvalue weighted by Gasteiger charge is 2.18. The van der Waals surface area contributed by atoms with E-state index in [-0.39, 0.29) is 4.90 Å². The first-order chi connectivity index (χ1) is 12.0. The van der Waals surface area contributed by atoms with Gasteiger partial charge in [0.05, 0.1) is 22.2 Å². The number of hydrogen-bond donors (Lipinski definition) is 1. The van der Waals surface area contributed by atoms with Gasteiger partial charge in [-0.1, -0.05) is 12.1 Å². The van der Waals surface area contributed by atoms with Crippen LogP contribution < -0.4 is 4.72 Å². The third-order valence-electron chi connectivity index (χ3n) is 3.70. The van der Waals surface area contributed by atoms with Gasteiger partial charge in [-0.25, -0.2) is 22.8 Å². The summed E-state index contributed by atoms with van der Waals surface area (Å²) in [6.07, 6.45) is 3.04. The summed E-state index contributed by atoms with van der Waals surface area (Å²) >= 11 is 0. The zero-order valence-corrected chi connectivity index (χ0v) is 14.2. The van der Waals surface area contributed by atoms with E-state index in [2.05, 4.69) is 14.8 Å². The molecule has 0 radical (unpaired) electrons. The van der Waals surface area contributed by atoms with Crippen molar-refractivity contribution in [2.45, 2.75) is 17.9 Å². The van der Waals surface area contributed by atoms with E-state index >= 15 is 0 Å². The topological polar surface area (TPSA) is 101 Å². The fourth-order valence-corrected chi connectivity index (χ4v) is 3.57. The molecule has 0 saturated heterocycles. The van der Waals surface area contributed by atoms with Crippen LogP contribution in [0.3, 0.4) is 0 Å². The molecule has 0 aliphatic heterocycles. The van der Waals surface area contributed by atoms with Crippen LogP contribution in [-0.2, 0) is 10.0 Å². The van der Waals surface area contributed by atoms with E-state index in [0.717, 1.165) is 11.3 Å².